The van der Waals surface area contributed by atoms with Gasteiger partial charge in [0.05, 0.1) is 29.2 Å². The number of anilines is 1. The molecule has 9 nitrogen and oxygen atoms in total. The maximum Gasteiger partial charge on any atom is 0.262 e. The van der Waals surface area contributed by atoms with Crippen LogP contribution < -0.4 is 5.32 Å². The zero-order valence-electron chi connectivity index (χ0n) is 14.3. The van der Waals surface area contributed by atoms with Gasteiger partial charge in [-0.05, 0) is 19.1 Å². The number of rotatable bonds is 4. The van der Waals surface area contributed by atoms with Gasteiger partial charge in [-0.25, -0.2) is 15.0 Å². The van der Waals surface area contributed by atoms with Crippen molar-refractivity contribution in [1.82, 2.24) is 24.4 Å². The fourth-order valence-electron chi connectivity index (χ4n) is 2.83. The normalized spacial score (nSPS) is 13.0. The number of nitrogens with one attached hydrogen (secondary N) is 1. The standard InChI is InChI=1S/C18H14N6O3/c1-11-19-6-7-23(11)18-20-8-12(9-21-18)22-15(25)10-24-16(26)13-4-2-3-5-14(13)17(24)27/h2-9H,10H2,1H3,(H,22,25). The number of imidazole rings is 1. The van der Waals surface area contributed by atoms with Gasteiger partial charge < -0.3 is 5.32 Å². The Balaban J connectivity index is 1.44. The second kappa shape index (κ2) is 6.45. The van der Waals surface area contributed by atoms with Crippen LogP contribution in [-0.4, -0.2) is 48.7 Å². The van der Waals surface area contributed by atoms with Gasteiger partial charge in [-0.15, -0.1) is 0 Å². The van der Waals surface area contributed by atoms with Gasteiger partial charge in [0, 0.05) is 12.4 Å². The Bertz CT molecular complexity index is 1020. The van der Waals surface area contributed by atoms with Crippen LogP contribution in [0.1, 0.15) is 26.5 Å². The molecule has 27 heavy (non-hydrogen) atoms. The van der Waals surface area contributed by atoms with Gasteiger partial charge in [-0.2, -0.15) is 0 Å². The van der Waals surface area contributed by atoms with Crippen molar-refractivity contribution in [2.24, 2.45) is 0 Å². The number of hydrogen-bond acceptors (Lipinski definition) is 6. The van der Waals surface area contributed by atoms with E-state index in [9.17, 15) is 14.4 Å². The maximum atomic E-state index is 12.3. The highest BCUT2D eigenvalue weighted by Gasteiger charge is 2.36. The number of carbonyl (C=O) groups is 3. The fourth-order valence-corrected chi connectivity index (χ4v) is 2.83. The first-order valence-electron chi connectivity index (χ1n) is 8.12. The molecule has 4 rings (SSSR count). The topological polar surface area (TPSA) is 110 Å². The summed E-state index contributed by atoms with van der Waals surface area (Å²) in [5.74, 6) is -0.318. The Morgan fingerprint density at radius 1 is 1.04 bits per heavy atom. The van der Waals surface area contributed by atoms with Crippen molar-refractivity contribution in [3.63, 3.8) is 0 Å². The van der Waals surface area contributed by atoms with E-state index in [2.05, 4.69) is 20.3 Å². The van der Waals surface area contributed by atoms with Gasteiger partial charge in [-0.1, -0.05) is 12.1 Å². The van der Waals surface area contributed by atoms with Crippen LogP contribution in [0.25, 0.3) is 5.95 Å². The third-order valence-corrected chi connectivity index (χ3v) is 4.14. The second-order valence-corrected chi connectivity index (χ2v) is 5.91. The van der Waals surface area contributed by atoms with E-state index >= 15 is 0 Å². The van der Waals surface area contributed by atoms with Crippen LogP contribution in [0.5, 0.6) is 0 Å². The smallest absolute Gasteiger partial charge is 0.262 e. The minimum atomic E-state index is -0.514. The SMILES string of the molecule is Cc1nccn1-c1ncc(NC(=O)CN2C(=O)c3ccccc3C2=O)cn1. The molecular weight excluding hydrogens is 348 g/mol. The Hall–Kier alpha value is -3.88. The van der Waals surface area contributed by atoms with E-state index in [1.807, 2.05) is 6.92 Å². The summed E-state index contributed by atoms with van der Waals surface area (Å²) in [6, 6.07) is 6.49. The molecule has 0 unspecified atom stereocenters. The summed E-state index contributed by atoms with van der Waals surface area (Å²) in [7, 11) is 0. The van der Waals surface area contributed by atoms with Crippen LogP contribution in [-0.2, 0) is 4.79 Å². The number of imide groups is 1. The number of aryl methyl sites for hydroxylation is 1. The average molecular weight is 362 g/mol. The highest BCUT2D eigenvalue weighted by Crippen LogP contribution is 2.22. The third-order valence-electron chi connectivity index (χ3n) is 4.14. The molecule has 0 aliphatic carbocycles. The lowest BCUT2D eigenvalue weighted by Gasteiger charge is -2.13. The van der Waals surface area contributed by atoms with Crippen molar-refractivity contribution < 1.29 is 14.4 Å². The van der Waals surface area contributed by atoms with Gasteiger partial charge in [0.15, 0.2) is 0 Å². The first-order valence-corrected chi connectivity index (χ1v) is 8.12. The number of carbonyl (C=O) groups excluding carboxylic acids is 3. The van der Waals surface area contributed by atoms with Crippen molar-refractivity contribution in [2.75, 3.05) is 11.9 Å². The largest absolute Gasteiger partial charge is 0.322 e. The Morgan fingerprint density at radius 2 is 1.67 bits per heavy atom. The van der Waals surface area contributed by atoms with Crippen LogP contribution in [0.2, 0.25) is 0 Å². The summed E-state index contributed by atoms with van der Waals surface area (Å²) in [6.45, 7) is 1.44. The number of benzene rings is 1. The zero-order chi connectivity index (χ0) is 19.0. The van der Waals surface area contributed by atoms with E-state index in [1.54, 1.807) is 41.2 Å². The molecule has 0 atom stereocenters. The molecule has 0 saturated carbocycles. The molecule has 2 aromatic heterocycles. The van der Waals surface area contributed by atoms with Crippen molar-refractivity contribution in [3.05, 3.63) is 66.0 Å². The number of hydrogen-bond donors (Lipinski definition) is 1. The van der Waals surface area contributed by atoms with E-state index in [1.165, 1.54) is 12.4 Å². The molecule has 0 spiro atoms. The first-order chi connectivity index (χ1) is 13.0. The van der Waals surface area contributed by atoms with E-state index < -0.39 is 17.7 Å². The third kappa shape index (κ3) is 2.95. The lowest BCUT2D eigenvalue weighted by molar-refractivity contribution is -0.116. The molecule has 3 heterocycles. The average Bonchev–Trinajstić information content (AvgIpc) is 3.20. The summed E-state index contributed by atoms with van der Waals surface area (Å²) in [5.41, 5.74) is 0.968. The van der Waals surface area contributed by atoms with Gasteiger partial charge in [0.25, 0.3) is 11.8 Å². The monoisotopic (exact) mass is 362 g/mol. The summed E-state index contributed by atoms with van der Waals surface area (Å²) in [6.07, 6.45) is 6.26. The molecule has 0 saturated heterocycles. The molecule has 0 radical (unpaired) electrons. The fraction of sp³-hybridized carbons (Fsp3) is 0.111. The highest BCUT2D eigenvalue weighted by atomic mass is 16.2. The van der Waals surface area contributed by atoms with E-state index in [-0.39, 0.29) is 6.54 Å². The molecule has 0 bridgehead atoms. The van der Waals surface area contributed by atoms with Gasteiger partial charge in [0.2, 0.25) is 11.9 Å². The van der Waals surface area contributed by atoms with Crippen LogP contribution in [0.4, 0.5) is 5.69 Å². The minimum absolute atomic E-state index is 0.304. The first kappa shape index (κ1) is 16.6. The summed E-state index contributed by atoms with van der Waals surface area (Å²) >= 11 is 0. The molecule has 1 N–H and O–H groups in total. The number of nitrogens with zero attached hydrogens (tertiary/aromatic N) is 5. The number of aromatic nitrogens is 4. The Morgan fingerprint density at radius 3 is 2.22 bits per heavy atom. The predicted octanol–water partition coefficient (Wildman–Crippen LogP) is 1.21. The van der Waals surface area contributed by atoms with E-state index in [0.717, 1.165) is 10.7 Å². The summed E-state index contributed by atoms with van der Waals surface area (Å²) < 4.78 is 1.70. The van der Waals surface area contributed by atoms with Crippen LogP contribution in [0.15, 0.2) is 49.1 Å². The van der Waals surface area contributed by atoms with Gasteiger partial charge in [0.1, 0.15) is 12.4 Å². The van der Waals surface area contributed by atoms with E-state index in [0.29, 0.717) is 22.8 Å². The highest BCUT2D eigenvalue weighted by molar-refractivity contribution is 6.22. The summed E-state index contributed by atoms with van der Waals surface area (Å²) in [5, 5.41) is 2.59. The minimum Gasteiger partial charge on any atom is -0.322 e. The molecule has 1 aliphatic heterocycles. The predicted molar refractivity (Wildman–Crippen MR) is 94.3 cm³/mol. The van der Waals surface area contributed by atoms with Crippen molar-refractivity contribution in [1.29, 1.82) is 0 Å². The Labute approximate surface area is 153 Å². The lowest BCUT2D eigenvalue weighted by Crippen LogP contribution is -2.37. The molecule has 134 valence electrons. The second-order valence-electron chi connectivity index (χ2n) is 5.91. The molecule has 3 amide bonds. The lowest BCUT2D eigenvalue weighted by atomic mass is 10.1. The van der Waals surface area contributed by atoms with E-state index in [4.69, 9.17) is 0 Å². The molecule has 9 heteroatoms. The van der Waals surface area contributed by atoms with Crippen LogP contribution in [0.3, 0.4) is 0 Å². The van der Waals surface area contributed by atoms with Gasteiger partial charge >= 0.3 is 0 Å². The maximum absolute atomic E-state index is 12.3. The van der Waals surface area contributed by atoms with Crippen LogP contribution in [0, 0.1) is 6.92 Å². The Kier molecular flexibility index (Phi) is 3.96. The summed E-state index contributed by atoms with van der Waals surface area (Å²) in [4.78, 5) is 50.2. The molecule has 3 aromatic rings. The molecule has 1 aliphatic rings. The van der Waals surface area contributed by atoms with Gasteiger partial charge in [-0.3, -0.25) is 23.9 Å². The van der Waals surface area contributed by atoms with Crippen LogP contribution >= 0.6 is 0 Å². The molecule has 0 fully saturated rings. The van der Waals surface area contributed by atoms with Crippen molar-refractivity contribution in [3.8, 4) is 5.95 Å². The molecular formula is C18H14N6O3. The number of amides is 3. The van der Waals surface area contributed by atoms with Crippen molar-refractivity contribution in [2.45, 2.75) is 6.92 Å². The molecule has 1 aromatic carbocycles. The van der Waals surface area contributed by atoms with Crippen molar-refractivity contribution >= 4 is 23.4 Å². The zero-order valence-corrected chi connectivity index (χ0v) is 14.3. The quantitative estimate of drug-likeness (QED) is 0.699. The number of fused-ring (bicyclic) bond motifs is 1.